The fourth-order valence-electron chi connectivity index (χ4n) is 3.50. The molecule has 29 heavy (non-hydrogen) atoms. The van der Waals surface area contributed by atoms with Crippen molar-refractivity contribution in [3.63, 3.8) is 0 Å². The number of nitro groups is 1. The van der Waals surface area contributed by atoms with Crippen LogP contribution in [0.1, 0.15) is 36.0 Å². The molecule has 1 amide bonds. The highest BCUT2D eigenvalue weighted by atomic mass is 16.6. The first-order chi connectivity index (χ1) is 14.0. The van der Waals surface area contributed by atoms with E-state index < -0.39 is 10.8 Å². The van der Waals surface area contributed by atoms with E-state index in [4.69, 9.17) is 9.47 Å². The molecule has 1 aliphatic rings. The average molecular weight is 399 g/mol. The van der Waals surface area contributed by atoms with Gasteiger partial charge in [-0.3, -0.25) is 14.9 Å². The van der Waals surface area contributed by atoms with Crippen molar-refractivity contribution in [1.29, 1.82) is 0 Å². The highest BCUT2D eigenvalue weighted by Gasteiger charge is 2.23. The molecule has 0 spiro atoms. The summed E-state index contributed by atoms with van der Waals surface area (Å²) < 4.78 is 10.5. The number of carbonyl (C=O) groups is 1. The third-order valence-electron chi connectivity index (χ3n) is 5.04. The minimum atomic E-state index is -0.456. The molecule has 0 aromatic heterocycles. The average Bonchev–Trinajstić information content (AvgIpc) is 3.02. The maximum absolute atomic E-state index is 12.8. The standard InChI is InChI=1S/C21H25N3O5/c1-28-16-8-10-20(29-2)17(14-16)22-21(25)15-7-9-18(19(13-15)24(26)27)23-11-5-3-4-6-12-23/h7-10,13-14H,3-6,11-12H2,1-2H3,(H,22,25). The molecule has 0 unspecified atom stereocenters. The summed E-state index contributed by atoms with van der Waals surface area (Å²) in [5, 5.41) is 14.4. The molecule has 2 aromatic rings. The van der Waals surface area contributed by atoms with Gasteiger partial charge in [-0.1, -0.05) is 12.8 Å². The molecule has 8 nitrogen and oxygen atoms in total. The zero-order valence-corrected chi connectivity index (χ0v) is 16.6. The lowest BCUT2D eigenvalue weighted by Gasteiger charge is -2.22. The van der Waals surface area contributed by atoms with Gasteiger partial charge < -0.3 is 19.7 Å². The van der Waals surface area contributed by atoms with Crippen molar-refractivity contribution in [2.24, 2.45) is 0 Å². The first-order valence-electron chi connectivity index (χ1n) is 9.60. The summed E-state index contributed by atoms with van der Waals surface area (Å²) >= 11 is 0. The number of amides is 1. The molecular weight excluding hydrogens is 374 g/mol. The van der Waals surface area contributed by atoms with Gasteiger partial charge in [0.1, 0.15) is 17.2 Å². The summed E-state index contributed by atoms with van der Waals surface area (Å²) in [6.45, 7) is 1.57. The normalized spacial score (nSPS) is 14.1. The number of nitro benzene ring substituents is 1. The number of ether oxygens (including phenoxy) is 2. The van der Waals surface area contributed by atoms with E-state index >= 15 is 0 Å². The van der Waals surface area contributed by atoms with Crippen molar-refractivity contribution >= 4 is 23.0 Å². The van der Waals surface area contributed by atoms with Crippen molar-refractivity contribution in [3.8, 4) is 11.5 Å². The fourth-order valence-corrected chi connectivity index (χ4v) is 3.50. The summed E-state index contributed by atoms with van der Waals surface area (Å²) in [7, 11) is 3.02. The number of benzene rings is 2. The van der Waals surface area contributed by atoms with E-state index in [1.54, 1.807) is 30.3 Å². The van der Waals surface area contributed by atoms with Crippen LogP contribution in [0.15, 0.2) is 36.4 Å². The molecule has 1 heterocycles. The summed E-state index contributed by atoms with van der Waals surface area (Å²) in [6, 6.07) is 9.66. The van der Waals surface area contributed by atoms with Crippen LogP contribution in [0.25, 0.3) is 0 Å². The summed E-state index contributed by atoms with van der Waals surface area (Å²) in [5.41, 5.74) is 1.14. The van der Waals surface area contributed by atoms with Gasteiger partial charge in [0, 0.05) is 30.8 Å². The third kappa shape index (κ3) is 4.77. The van der Waals surface area contributed by atoms with Crippen LogP contribution >= 0.6 is 0 Å². The predicted octanol–water partition coefficient (Wildman–Crippen LogP) is 4.24. The second-order valence-corrected chi connectivity index (χ2v) is 6.88. The number of anilines is 2. The number of hydrogen-bond acceptors (Lipinski definition) is 6. The Morgan fingerprint density at radius 1 is 1.03 bits per heavy atom. The Kier molecular flexibility index (Phi) is 6.54. The quantitative estimate of drug-likeness (QED) is 0.577. The van der Waals surface area contributed by atoms with E-state index in [1.807, 2.05) is 4.90 Å². The molecule has 1 aliphatic heterocycles. The second-order valence-electron chi connectivity index (χ2n) is 6.88. The van der Waals surface area contributed by atoms with Crippen molar-refractivity contribution in [3.05, 3.63) is 52.1 Å². The summed E-state index contributed by atoms with van der Waals surface area (Å²) in [4.78, 5) is 26.0. The van der Waals surface area contributed by atoms with E-state index in [9.17, 15) is 14.9 Å². The minimum absolute atomic E-state index is 0.0582. The molecule has 0 saturated carbocycles. The summed E-state index contributed by atoms with van der Waals surface area (Å²) in [5.74, 6) is 0.570. The monoisotopic (exact) mass is 399 g/mol. The number of nitrogens with one attached hydrogen (secondary N) is 1. The van der Waals surface area contributed by atoms with Crippen LogP contribution in [0.2, 0.25) is 0 Å². The van der Waals surface area contributed by atoms with Crippen molar-refractivity contribution in [2.75, 3.05) is 37.5 Å². The molecule has 0 aliphatic carbocycles. The van der Waals surface area contributed by atoms with Gasteiger partial charge in [0.25, 0.3) is 11.6 Å². The molecule has 3 rings (SSSR count). The van der Waals surface area contributed by atoms with Crippen molar-refractivity contribution in [1.82, 2.24) is 0 Å². The zero-order valence-electron chi connectivity index (χ0n) is 16.6. The highest BCUT2D eigenvalue weighted by Crippen LogP contribution is 2.33. The highest BCUT2D eigenvalue weighted by molar-refractivity contribution is 6.06. The number of hydrogen-bond donors (Lipinski definition) is 1. The van der Waals surface area contributed by atoms with Crippen LogP contribution in [-0.4, -0.2) is 38.1 Å². The first-order valence-corrected chi connectivity index (χ1v) is 9.60. The van der Waals surface area contributed by atoms with Gasteiger partial charge in [-0.2, -0.15) is 0 Å². The molecule has 0 radical (unpaired) electrons. The topological polar surface area (TPSA) is 93.9 Å². The lowest BCUT2D eigenvalue weighted by atomic mass is 10.1. The number of nitrogens with zero attached hydrogens (tertiary/aromatic N) is 2. The Bertz CT molecular complexity index is 892. The van der Waals surface area contributed by atoms with Crippen molar-refractivity contribution < 1.29 is 19.2 Å². The van der Waals surface area contributed by atoms with E-state index in [-0.39, 0.29) is 11.3 Å². The molecule has 2 aromatic carbocycles. The number of carbonyl (C=O) groups excluding carboxylic acids is 1. The Morgan fingerprint density at radius 2 is 1.76 bits per heavy atom. The van der Waals surface area contributed by atoms with Crippen LogP contribution in [0.4, 0.5) is 17.1 Å². The Labute approximate surface area is 169 Å². The van der Waals surface area contributed by atoms with Crippen LogP contribution in [-0.2, 0) is 0 Å². The third-order valence-corrected chi connectivity index (χ3v) is 5.04. The SMILES string of the molecule is COc1ccc(OC)c(NC(=O)c2ccc(N3CCCCCC3)c([N+](=O)[O-])c2)c1. The van der Waals surface area contributed by atoms with Gasteiger partial charge in [0.2, 0.25) is 0 Å². The van der Waals surface area contributed by atoms with Crippen molar-refractivity contribution in [2.45, 2.75) is 25.7 Å². The van der Waals surface area contributed by atoms with Gasteiger partial charge in [0.15, 0.2) is 0 Å². The van der Waals surface area contributed by atoms with E-state index in [2.05, 4.69) is 5.32 Å². The molecule has 1 N–H and O–H groups in total. The molecule has 1 fully saturated rings. The Hall–Kier alpha value is -3.29. The van der Waals surface area contributed by atoms with E-state index in [1.165, 1.54) is 20.3 Å². The molecular formula is C21H25N3O5. The summed E-state index contributed by atoms with van der Waals surface area (Å²) in [6.07, 6.45) is 4.28. The van der Waals surface area contributed by atoms with Gasteiger partial charge in [0.05, 0.1) is 24.8 Å². The van der Waals surface area contributed by atoms with E-state index in [0.717, 1.165) is 38.8 Å². The van der Waals surface area contributed by atoms with Gasteiger partial charge in [-0.15, -0.1) is 0 Å². The largest absolute Gasteiger partial charge is 0.497 e. The van der Waals surface area contributed by atoms with Crippen LogP contribution in [0.5, 0.6) is 11.5 Å². The Morgan fingerprint density at radius 3 is 2.38 bits per heavy atom. The smallest absolute Gasteiger partial charge is 0.293 e. The molecule has 1 saturated heterocycles. The van der Waals surface area contributed by atoms with E-state index in [0.29, 0.717) is 22.9 Å². The number of rotatable bonds is 6. The van der Waals surface area contributed by atoms with Crippen LogP contribution in [0.3, 0.4) is 0 Å². The maximum atomic E-state index is 12.8. The molecule has 8 heteroatoms. The zero-order chi connectivity index (χ0) is 20.8. The minimum Gasteiger partial charge on any atom is -0.497 e. The lowest BCUT2D eigenvalue weighted by molar-refractivity contribution is -0.384. The van der Waals surface area contributed by atoms with Crippen LogP contribution < -0.4 is 19.7 Å². The Balaban J connectivity index is 1.88. The molecule has 0 bridgehead atoms. The second kappa shape index (κ2) is 9.27. The first kappa shape index (κ1) is 20.4. The predicted molar refractivity (Wildman–Crippen MR) is 111 cm³/mol. The lowest BCUT2D eigenvalue weighted by Crippen LogP contribution is -2.25. The van der Waals surface area contributed by atoms with Gasteiger partial charge in [-0.25, -0.2) is 0 Å². The van der Waals surface area contributed by atoms with Gasteiger partial charge >= 0.3 is 0 Å². The maximum Gasteiger partial charge on any atom is 0.293 e. The number of methoxy groups -OCH3 is 2. The molecule has 0 atom stereocenters. The van der Waals surface area contributed by atoms with Gasteiger partial charge in [-0.05, 0) is 37.1 Å². The molecule has 154 valence electrons. The van der Waals surface area contributed by atoms with Crippen LogP contribution in [0, 0.1) is 10.1 Å². The fraction of sp³-hybridized carbons (Fsp3) is 0.381.